The number of carbonyl (C=O) groups excluding carboxylic acids is 2. The van der Waals surface area contributed by atoms with Gasteiger partial charge in [-0.3, -0.25) is 9.59 Å². The summed E-state index contributed by atoms with van der Waals surface area (Å²) >= 11 is 0. The smallest absolute Gasteiger partial charge is 0.308 e. The first kappa shape index (κ1) is 15.9. The summed E-state index contributed by atoms with van der Waals surface area (Å²) in [4.78, 5) is 22.9. The van der Waals surface area contributed by atoms with Crippen LogP contribution in [0.4, 0.5) is 0 Å². The average molecular weight is 244 g/mol. The molecule has 0 bridgehead atoms. The van der Waals surface area contributed by atoms with E-state index in [9.17, 15) is 9.59 Å². The first-order valence-corrected chi connectivity index (χ1v) is 6.09. The molecule has 5 nitrogen and oxygen atoms in total. The van der Waals surface area contributed by atoms with Gasteiger partial charge in [0.05, 0.1) is 18.6 Å². The van der Waals surface area contributed by atoms with E-state index < -0.39 is 12.0 Å². The predicted octanol–water partition coefficient (Wildman–Crippen LogP) is 0.818. The Balaban J connectivity index is 3.94. The highest BCUT2D eigenvalue weighted by molar-refractivity contribution is 5.86. The number of nitrogens with one attached hydrogen (secondary N) is 1. The SMILES string of the molecule is CCC(C)OC(=O)C[C@H](N)C(=O)NCC(C)C. The summed E-state index contributed by atoms with van der Waals surface area (Å²) in [7, 11) is 0. The topological polar surface area (TPSA) is 81.4 Å². The van der Waals surface area contributed by atoms with Crippen LogP contribution in [-0.2, 0) is 14.3 Å². The van der Waals surface area contributed by atoms with Gasteiger partial charge in [0, 0.05) is 6.54 Å². The summed E-state index contributed by atoms with van der Waals surface area (Å²) in [5.74, 6) is -0.371. The lowest BCUT2D eigenvalue weighted by Gasteiger charge is -2.15. The molecule has 17 heavy (non-hydrogen) atoms. The Morgan fingerprint density at radius 1 is 1.29 bits per heavy atom. The van der Waals surface area contributed by atoms with Gasteiger partial charge in [-0.15, -0.1) is 0 Å². The van der Waals surface area contributed by atoms with Crippen molar-refractivity contribution in [1.82, 2.24) is 5.32 Å². The van der Waals surface area contributed by atoms with Gasteiger partial charge in [0.2, 0.25) is 5.91 Å². The maximum absolute atomic E-state index is 11.5. The standard InChI is InChI=1S/C12H24N2O3/c1-5-9(4)17-11(15)6-10(13)12(16)14-7-8(2)3/h8-10H,5-7,13H2,1-4H3,(H,14,16)/t9?,10-/m0/s1. The Kier molecular flexibility index (Phi) is 7.54. The Labute approximate surface area is 103 Å². The number of hydrogen-bond donors (Lipinski definition) is 2. The van der Waals surface area contributed by atoms with Gasteiger partial charge in [0.25, 0.3) is 0 Å². The molecule has 100 valence electrons. The lowest BCUT2D eigenvalue weighted by Crippen LogP contribution is -2.43. The first-order valence-electron chi connectivity index (χ1n) is 6.09. The van der Waals surface area contributed by atoms with Crippen molar-refractivity contribution in [3.63, 3.8) is 0 Å². The van der Waals surface area contributed by atoms with E-state index in [1.807, 2.05) is 27.7 Å². The number of carbonyl (C=O) groups is 2. The van der Waals surface area contributed by atoms with Crippen LogP contribution < -0.4 is 11.1 Å². The summed E-state index contributed by atoms with van der Waals surface area (Å²) in [5.41, 5.74) is 5.61. The summed E-state index contributed by atoms with van der Waals surface area (Å²) in [6.07, 6.45) is 0.544. The molecule has 0 aliphatic heterocycles. The van der Waals surface area contributed by atoms with Crippen LogP contribution in [0.5, 0.6) is 0 Å². The van der Waals surface area contributed by atoms with Crippen LogP contribution in [0.25, 0.3) is 0 Å². The largest absolute Gasteiger partial charge is 0.463 e. The van der Waals surface area contributed by atoms with Gasteiger partial charge < -0.3 is 15.8 Å². The van der Waals surface area contributed by atoms with Crippen LogP contribution in [-0.4, -0.2) is 30.6 Å². The fraction of sp³-hybridized carbons (Fsp3) is 0.833. The molecule has 0 heterocycles. The molecular weight excluding hydrogens is 220 g/mol. The van der Waals surface area contributed by atoms with E-state index in [0.717, 1.165) is 6.42 Å². The van der Waals surface area contributed by atoms with Crippen LogP contribution in [0.1, 0.15) is 40.5 Å². The second-order valence-electron chi connectivity index (χ2n) is 4.66. The summed E-state index contributed by atoms with van der Waals surface area (Å²) in [6, 6.07) is -0.828. The molecule has 0 rings (SSSR count). The molecule has 0 saturated carbocycles. The van der Waals surface area contributed by atoms with Crippen molar-refractivity contribution < 1.29 is 14.3 Å². The van der Waals surface area contributed by atoms with Crippen LogP contribution in [0, 0.1) is 5.92 Å². The number of rotatable bonds is 7. The maximum atomic E-state index is 11.5. The quantitative estimate of drug-likeness (QED) is 0.650. The molecule has 5 heteroatoms. The van der Waals surface area contributed by atoms with Crippen LogP contribution in [0.3, 0.4) is 0 Å². The Morgan fingerprint density at radius 3 is 2.35 bits per heavy atom. The van der Waals surface area contributed by atoms with Gasteiger partial charge in [0.15, 0.2) is 0 Å². The molecule has 0 aromatic heterocycles. The molecule has 0 aromatic rings. The minimum Gasteiger partial charge on any atom is -0.463 e. The van der Waals surface area contributed by atoms with Crippen molar-refractivity contribution in [2.24, 2.45) is 11.7 Å². The van der Waals surface area contributed by atoms with Crippen molar-refractivity contribution in [3.05, 3.63) is 0 Å². The van der Waals surface area contributed by atoms with Crippen LogP contribution >= 0.6 is 0 Å². The van der Waals surface area contributed by atoms with Crippen molar-refractivity contribution >= 4 is 11.9 Å². The van der Waals surface area contributed by atoms with Crippen molar-refractivity contribution in [1.29, 1.82) is 0 Å². The van der Waals surface area contributed by atoms with E-state index in [2.05, 4.69) is 5.32 Å². The lowest BCUT2D eigenvalue weighted by atomic mass is 10.2. The minimum atomic E-state index is -0.828. The lowest BCUT2D eigenvalue weighted by molar-refractivity contribution is -0.150. The van der Waals surface area contributed by atoms with Gasteiger partial charge >= 0.3 is 5.97 Å². The molecule has 0 radical (unpaired) electrons. The number of esters is 1. The minimum absolute atomic E-state index is 0.0751. The first-order chi connectivity index (χ1) is 7.86. The summed E-state index contributed by atoms with van der Waals surface area (Å²) < 4.78 is 5.05. The summed E-state index contributed by atoms with van der Waals surface area (Å²) in [6.45, 7) is 8.27. The third-order valence-corrected chi connectivity index (χ3v) is 2.32. The number of hydrogen-bond acceptors (Lipinski definition) is 4. The Morgan fingerprint density at radius 2 is 1.88 bits per heavy atom. The Bertz CT molecular complexity index is 254. The van der Waals surface area contributed by atoms with Gasteiger partial charge in [-0.2, -0.15) is 0 Å². The van der Waals surface area contributed by atoms with Crippen molar-refractivity contribution in [3.8, 4) is 0 Å². The zero-order valence-electron chi connectivity index (χ0n) is 11.2. The highest BCUT2D eigenvalue weighted by Gasteiger charge is 2.19. The normalized spacial score (nSPS) is 14.2. The second kappa shape index (κ2) is 8.06. The average Bonchev–Trinajstić information content (AvgIpc) is 2.25. The predicted molar refractivity (Wildman–Crippen MR) is 66.3 cm³/mol. The van der Waals surface area contributed by atoms with E-state index >= 15 is 0 Å². The molecule has 1 amide bonds. The molecule has 0 aliphatic carbocycles. The maximum Gasteiger partial charge on any atom is 0.308 e. The van der Waals surface area contributed by atoms with Gasteiger partial charge in [0.1, 0.15) is 0 Å². The number of amides is 1. The van der Waals surface area contributed by atoms with E-state index in [4.69, 9.17) is 10.5 Å². The molecule has 0 aromatic carbocycles. The zero-order valence-corrected chi connectivity index (χ0v) is 11.2. The van der Waals surface area contributed by atoms with E-state index in [1.165, 1.54) is 0 Å². The summed E-state index contributed by atoms with van der Waals surface area (Å²) in [5, 5.41) is 2.68. The van der Waals surface area contributed by atoms with Gasteiger partial charge in [-0.05, 0) is 19.3 Å². The zero-order chi connectivity index (χ0) is 13.4. The van der Waals surface area contributed by atoms with Crippen LogP contribution in [0.15, 0.2) is 0 Å². The van der Waals surface area contributed by atoms with Crippen molar-refractivity contribution in [2.45, 2.75) is 52.7 Å². The van der Waals surface area contributed by atoms with E-state index in [0.29, 0.717) is 12.5 Å². The molecular formula is C12H24N2O3. The fourth-order valence-electron chi connectivity index (χ4n) is 1.06. The van der Waals surface area contributed by atoms with Gasteiger partial charge in [-0.1, -0.05) is 20.8 Å². The van der Waals surface area contributed by atoms with Crippen LogP contribution in [0.2, 0.25) is 0 Å². The number of ether oxygens (including phenoxy) is 1. The van der Waals surface area contributed by atoms with E-state index in [-0.39, 0.29) is 18.4 Å². The number of nitrogens with two attached hydrogens (primary N) is 1. The monoisotopic (exact) mass is 244 g/mol. The van der Waals surface area contributed by atoms with E-state index in [1.54, 1.807) is 0 Å². The van der Waals surface area contributed by atoms with Crippen molar-refractivity contribution in [2.75, 3.05) is 6.54 Å². The molecule has 3 N–H and O–H groups in total. The molecule has 2 atom stereocenters. The highest BCUT2D eigenvalue weighted by atomic mass is 16.5. The molecule has 0 spiro atoms. The fourth-order valence-corrected chi connectivity index (χ4v) is 1.06. The molecule has 0 fully saturated rings. The second-order valence-corrected chi connectivity index (χ2v) is 4.66. The molecule has 0 aliphatic rings. The molecule has 1 unspecified atom stereocenters. The molecule has 0 saturated heterocycles. The Hall–Kier alpha value is -1.10. The third-order valence-electron chi connectivity index (χ3n) is 2.32. The third kappa shape index (κ3) is 7.74. The van der Waals surface area contributed by atoms with Gasteiger partial charge in [-0.25, -0.2) is 0 Å². The highest BCUT2D eigenvalue weighted by Crippen LogP contribution is 2.00.